The zero-order chi connectivity index (χ0) is 30.0. The predicted molar refractivity (Wildman–Crippen MR) is 179 cm³/mol. The highest BCUT2D eigenvalue weighted by molar-refractivity contribution is 7.11. The molecule has 212 valence electrons. The first-order valence-electron chi connectivity index (χ1n) is 14.7. The second-order valence-electron chi connectivity index (χ2n) is 10.8. The minimum atomic E-state index is -3.55. The molecule has 6 aromatic rings. The predicted octanol–water partition coefficient (Wildman–Crippen LogP) is 6.07. The lowest BCUT2D eigenvalue weighted by atomic mass is 9.82. The second-order valence-corrected chi connectivity index (χ2v) is 14.4. The molecule has 1 aliphatic heterocycles. The van der Waals surface area contributed by atoms with Gasteiger partial charge in [-0.05, 0) is 38.8 Å². The number of anilines is 1. The smallest absolute Gasteiger partial charge is 0.317 e. The summed E-state index contributed by atoms with van der Waals surface area (Å²) in [7, 11) is -3.55. The zero-order valence-corrected chi connectivity index (χ0v) is 25.0. The Hall–Kier alpha value is -5.52. The van der Waals surface area contributed by atoms with Crippen LogP contribution in [-0.4, -0.2) is 24.7 Å². The van der Waals surface area contributed by atoms with Crippen molar-refractivity contribution in [1.82, 2.24) is 4.57 Å². The van der Waals surface area contributed by atoms with Crippen LogP contribution in [0.1, 0.15) is 11.1 Å². The normalized spacial score (nSPS) is 14.5. The van der Waals surface area contributed by atoms with Crippen molar-refractivity contribution in [2.45, 2.75) is 5.54 Å². The average molecular weight is 587 g/mol. The van der Waals surface area contributed by atoms with Crippen molar-refractivity contribution in [2.75, 3.05) is 4.90 Å². The Balaban J connectivity index is 1.70. The number of amides is 3. The summed E-state index contributed by atoms with van der Waals surface area (Å²) < 4.78 is 1.97. The molecule has 3 amide bonds. The SMILES string of the molecule is O=C1N(c2ccccc2)C(=O)C(c2ccccc2)(c2ccccc2)N1[Si](c1ccccc1)(c1ccccc1)c1ccccc1. The van der Waals surface area contributed by atoms with Crippen LogP contribution in [0.4, 0.5) is 10.5 Å². The number of hydrogen-bond donors (Lipinski definition) is 0. The molecule has 0 N–H and O–H groups in total. The van der Waals surface area contributed by atoms with Gasteiger partial charge in [0.15, 0.2) is 5.54 Å². The Morgan fingerprint density at radius 2 is 0.727 bits per heavy atom. The fourth-order valence-electron chi connectivity index (χ4n) is 6.74. The van der Waals surface area contributed by atoms with E-state index >= 15 is 9.59 Å². The number of hydrogen-bond acceptors (Lipinski definition) is 2. The largest absolute Gasteiger partial charge is 0.325 e. The standard InChI is InChI=1S/C39H30N2O2Si/c42-37-39(31-19-7-1-8-20-31,32-21-9-2-10-22-32)41(38(43)40(37)33-23-11-3-12-24-33)44(34-25-13-4-14-26-34,35-27-15-5-16-28-35)36-29-17-6-18-30-36/h1-30H. The van der Waals surface area contributed by atoms with E-state index in [0.29, 0.717) is 5.69 Å². The van der Waals surface area contributed by atoms with Crippen molar-refractivity contribution in [1.29, 1.82) is 0 Å². The van der Waals surface area contributed by atoms with Gasteiger partial charge >= 0.3 is 6.03 Å². The minimum absolute atomic E-state index is 0.300. The molecule has 0 saturated carbocycles. The zero-order valence-electron chi connectivity index (χ0n) is 24.0. The molecule has 1 saturated heterocycles. The Kier molecular flexibility index (Phi) is 7.01. The van der Waals surface area contributed by atoms with E-state index in [9.17, 15) is 0 Å². The third-order valence-corrected chi connectivity index (χ3v) is 13.2. The molecule has 7 rings (SSSR count). The van der Waals surface area contributed by atoms with Gasteiger partial charge in [0.1, 0.15) is 0 Å². The van der Waals surface area contributed by atoms with Crippen LogP contribution >= 0.6 is 0 Å². The number of carbonyl (C=O) groups excluding carboxylic acids is 2. The third kappa shape index (κ3) is 4.05. The average Bonchev–Trinajstić information content (AvgIpc) is 3.34. The molecule has 44 heavy (non-hydrogen) atoms. The van der Waals surface area contributed by atoms with Crippen molar-refractivity contribution in [3.05, 3.63) is 193 Å². The lowest BCUT2D eigenvalue weighted by Gasteiger charge is -2.48. The maximum atomic E-state index is 15.5. The summed E-state index contributed by atoms with van der Waals surface area (Å²) in [5.74, 6) is -0.300. The van der Waals surface area contributed by atoms with Gasteiger partial charge in [0.2, 0.25) is 0 Å². The molecule has 0 radical (unpaired) electrons. The van der Waals surface area contributed by atoms with Gasteiger partial charge in [0, 0.05) is 0 Å². The first-order chi connectivity index (χ1) is 21.7. The van der Waals surface area contributed by atoms with Crippen LogP contribution in [-0.2, 0) is 10.3 Å². The molecule has 0 aliphatic carbocycles. The summed E-state index contributed by atoms with van der Waals surface area (Å²) in [5, 5.41) is 3.01. The molecule has 4 nitrogen and oxygen atoms in total. The summed E-state index contributed by atoms with van der Waals surface area (Å²) in [5.41, 5.74) is 0.548. The quantitative estimate of drug-likeness (QED) is 0.130. The lowest BCUT2D eigenvalue weighted by Crippen LogP contribution is -2.81. The van der Waals surface area contributed by atoms with Gasteiger partial charge in [0.25, 0.3) is 14.1 Å². The number of nitrogens with zero attached hydrogens (tertiary/aromatic N) is 2. The van der Waals surface area contributed by atoms with Gasteiger partial charge in [-0.25, -0.2) is 9.69 Å². The van der Waals surface area contributed by atoms with Crippen LogP contribution < -0.4 is 20.5 Å². The van der Waals surface area contributed by atoms with Crippen LogP contribution in [0.25, 0.3) is 0 Å². The number of carbonyl (C=O) groups is 2. The van der Waals surface area contributed by atoms with Crippen LogP contribution in [0.3, 0.4) is 0 Å². The van der Waals surface area contributed by atoms with E-state index in [4.69, 9.17) is 0 Å². The molecule has 0 aromatic heterocycles. The summed E-state index contributed by atoms with van der Waals surface area (Å²) in [6.45, 7) is 0. The number of benzene rings is 6. The highest BCUT2D eigenvalue weighted by atomic mass is 28.3. The van der Waals surface area contributed by atoms with Gasteiger partial charge in [-0.15, -0.1) is 0 Å². The van der Waals surface area contributed by atoms with E-state index in [2.05, 4.69) is 36.4 Å². The maximum absolute atomic E-state index is 15.5. The maximum Gasteiger partial charge on any atom is 0.325 e. The summed E-state index contributed by atoms with van der Waals surface area (Å²) in [6.07, 6.45) is 0. The van der Waals surface area contributed by atoms with E-state index in [-0.39, 0.29) is 11.9 Å². The molecule has 0 atom stereocenters. The summed E-state index contributed by atoms with van der Waals surface area (Å²) in [4.78, 5) is 32.4. The summed E-state index contributed by atoms with van der Waals surface area (Å²) >= 11 is 0. The molecule has 5 heteroatoms. The highest BCUT2D eigenvalue weighted by Gasteiger charge is 2.67. The second kappa shape index (κ2) is 11.3. The van der Waals surface area contributed by atoms with E-state index < -0.39 is 13.8 Å². The lowest BCUT2D eigenvalue weighted by molar-refractivity contribution is -0.122. The van der Waals surface area contributed by atoms with E-state index in [1.54, 1.807) is 0 Å². The number of para-hydroxylation sites is 1. The number of urea groups is 1. The molecule has 0 spiro atoms. The Morgan fingerprint density at radius 3 is 1.09 bits per heavy atom. The number of imide groups is 1. The molecule has 0 unspecified atom stereocenters. The van der Waals surface area contributed by atoms with E-state index in [1.165, 1.54) is 4.90 Å². The molecule has 1 fully saturated rings. The van der Waals surface area contributed by atoms with Gasteiger partial charge in [-0.1, -0.05) is 170 Å². The summed E-state index contributed by atoms with van der Waals surface area (Å²) in [6, 6.07) is 59.2. The molecule has 1 aliphatic rings. The fraction of sp³-hybridized carbons (Fsp3) is 0.0256. The molecular weight excluding hydrogens is 557 g/mol. The van der Waals surface area contributed by atoms with Crippen LogP contribution in [0.2, 0.25) is 0 Å². The highest BCUT2D eigenvalue weighted by Crippen LogP contribution is 2.47. The topological polar surface area (TPSA) is 40.6 Å². The van der Waals surface area contributed by atoms with Gasteiger partial charge in [-0.2, -0.15) is 0 Å². The molecule has 6 aromatic carbocycles. The van der Waals surface area contributed by atoms with Crippen molar-refractivity contribution in [3.63, 3.8) is 0 Å². The Bertz CT molecular complexity index is 1750. The van der Waals surface area contributed by atoms with Gasteiger partial charge in [-0.3, -0.25) is 4.79 Å². The number of rotatable bonds is 7. The van der Waals surface area contributed by atoms with Gasteiger partial charge in [0.05, 0.1) is 5.69 Å². The van der Waals surface area contributed by atoms with E-state index in [1.807, 2.05) is 150 Å². The first kappa shape index (κ1) is 27.3. The first-order valence-corrected chi connectivity index (χ1v) is 16.7. The monoisotopic (exact) mass is 586 g/mol. The molecular formula is C39H30N2O2Si. The van der Waals surface area contributed by atoms with Gasteiger partial charge < -0.3 is 4.57 Å². The molecule has 0 bridgehead atoms. The van der Waals surface area contributed by atoms with Crippen molar-refractivity contribution >= 4 is 41.4 Å². The van der Waals surface area contributed by atoms with Crippen molar-refractivity contribution < 1.29 is 9.59 Å². The van der Waals surface area contributed by atoms with E-state index in [0.717, 1.165) is 26.7 Å². The molecule has 1 heterocycles. The third-order valence-electron chi connectivity index (χ3n) is 8.54. The van der Waals surface area contributed by atoms with Crippen LogP contribution in [0.5, 0.6) is 0 Å². The Morgan fingerprint density at radius 1 is 0.409 bits per heavy atom. The van der Waals surface area contributed by atoms with Crippen LogP contribution in [0.15, 0.2) is 182 Å². The van der Waals surface area contributed by atoms with Crippen molar-refractivity contribution in [3.8, 4) is 0 Å². The van der Waals surface area contributed by atoms with Crippen molar-refractivity contribution in [2.24, 2.45) is 0 Å². The van der Waals surface area contributed by atoms with Crippen LogP contribution in [0, 0.1) is 0 Å². The fourth-order valence-corrected chi connectivity index (χ4v) is 11.8. The minimum Gasteiger partial charge on any atom is -0.317 e. The Labute approximate surface area is 258 Å².